The van der Waals surface area contributed by atoms with E-state index in [2.05, 4.69) is 40.7 Å². The summed E-state index contributed by atoms with van der Waals surface area (Å²) in [5.74, 6) is 0.700. The fourth-order valence-corrected chi connectivity index (χ4v) is 3.83. The van der Waals surface area contributed by atoms with E-state index in [4.69, 9.17) is 0 Å². The van der Waals surface area contributed by atoms with Crippen LogP contribution in [0.1, 0.15) is 42.7 Å². The Kier molecular flexibility index (Phi) is 3.47. The quantitative estimate of drug-likeness (QED) is 0.923. The van der Waals surface area contributed by atoms with Gasteiger partial charge in [0.2, 0.25) is 5.91 Å². The highest BCUT2D eigenvalue weighted by atomic mass is 16.2. The molecule has 2 atom stereocenters. The molecular formula is C19H23N3O. The van der Waals surface area contributed by atoms with Gasteiger partial charge in [-0.05, 0) is 36.3 Å². The first-order chi connectivity index (χ1) is 11.2. The van der Waals surface area contributed by atoms with Gasteiger partial charge in [-0.2, -0.15) is 5.10 Å². The van der Waals surface area contributed by atoms with Crippen molar-refractivity contribution < 1.29 is 4.79 Å². The van der Waals surface area contributed by atoms with Gasteiger partial charge in [-0.25, -0.2) is 0 Å². The first kappa shape index (κ1) is 14.5. The maximum atomic E-state index is 12.5. The largest absolute Gasteiger partial charge is 0.355 e. The van der Waals surface area contributed by atoms with Gasteiger partial charge in [0.05, 0.1) is 6.20 Å². The molecule has 2 aliphatic rings. The summed E-state index contributed by atoms with van der Waals surface area (Å²) in [6.45, 7) is 0.770. The van der Waals surface area contributed by atoms with Crippen LogP contribution >= 0.6 is 0 Å². The van der Waals surface area contributed by atoms with Crippen LogP contribution in [0.15, 0.2) is 42.7 Å². The average molecular weight is 309 g/mol. The molecule has 23 heavy (non-hydrogen) atoms. The van der Waals surface area contributed by atoms with Crippen molar-refractivity contribution in [1.82, 2.24) is 15.1 Å². The lowest BCUT2D eigenvalue weighted by atomic mass is 9.64. The zero-order valence-corrected chi connectivity index (χ0v) is 13.5. The SMILES string of the molecule is Cn1cc([C@@H]2C[C@@H]2C(=O)NCC2(c3ccccc3)CCC2)cn1. The number of aryl methyl sites for hydroxylation is 1. The Balaban J connectivity index is 1.37. The monoisotopic (exact) mass is 309 g/mol. The van der Waals surface area contributed by atoms with Crippen LogP contribution in [-0.4, -0.2) is 22.2 Å². The molecule has 4 rings (SSSR count). The highest BCUT2D eigenvalue weighted by Crippen LogP contribution is 2.48. The Morgan fingerprint density at radius 1 is 1.35 bits per heavy atom. The molecule has 1 amide bonds. The van der Waals surface area contributed by atoms with E-state index in [1.165, 1.54) is 30.4 Å². The topological polar surface area (TPSA) is 46.9 Å². The number of aromatic nitrogens is 2. The molecule has 120 valence electrons. The Morgan fingerprint density at radius 3 is 2.74 bits per heavy atom. The van der Waals surface area contributed by atoms with Crippen molar-refractivity contribution in [3.8, 4) is 0 Å². The number of nitrogens with zero attached hydrogens (tertiary/aromatic N) is 2. The van der Waals surface area contributed by atoms with Gasteiger partial charge in [-0.1, -0.05) is 36.8 Å². The van der Waals surface area contributed by atoms with Crippen LogP contribution in [0, 0.1) is 5.92 Å². The molecule has 0 bridgehead atoms. The fourth-order valence-electron chi connectivity index (χ4n) is 3.83. The van der Waals surface area contributed by atoms with E-state index < -0.39 is 0 Å². The van der Waals surface area contributed by atoms with Gasteiger partial charge in [0.15, 0.2) is 0 Å². The molecule has 4 heteroatoms. The van der Waals surface area contributed by atoms with Crippen molar-refractivity contribution >= 4 is 5.91 Å². The molecule has 0 spiro atoms. The minimum Gasteiger partial charge on any atom is -0.355 e. The first-order valence-corrected chi connectivity index (χ1v) is 8.50. The predicted molar refractivity (Wildman–Crippen MR) is 89.0 cm³/mol. The summed E-state index contributed by atoms with van der Waals surface area (Å²) >= 11 is 0. The number of nitrogens with one attached hydrogen (secondary N) is 1. The third kappa shape index (κ3) is 2.67. The molecule has 2 saturated carbocycles. The molecule has 1 aromatic heterocycles. The van der Waals surface area contributed by atoms with Gasteiger partial charge in [-0.15, -0.1) is 0 Å². The van der Waals surface area contributed by atoms with Crippen LogP contribution in [0.25, 0.3) is 0 Å². The van der Waals surface area contributed by atoms with Crippen molar-refractivity contribution in [2.75, 3.05) is 6.54 Å². The third-order valence-electron chi connectivity index (χ3n) is 5.58. The summed E-state index contributed by atoms with van der Waals surface area (Å²) in [6, 6.07) is 10.6. The molecule has 0 radical (unpaired) electrons. The summed E-state index contributed by atoms with van der Waals surface area (Å²) in [5, 5.41) is 7.43. The van der Waals surface area contributed by atoms with Gasteiger partial charge >= 0.3 is 0 Å². The molecule has 1 aromatic carbocycles. The first-order valence-electron chi connectivity index (χ1n) is 8.50. The van der Waals surface area contributed by atoms with Gasteiger partial charge < -0.3 is 5.32 Å². The maximum absolute atomic E-state index is 12.5. The highest BCUT2D eigenvalue weighted by molar-refractivity contribution is 5.83. The predicted octanol–water partition coefficient (Wildman–Crippen LogP) is 2.76. The second-order valence-corrected chi connectivity index (χ2v) is 7.11. The molecule has 0 aliphatic heterocycles. The Labute approximate surface area is 136 Å². The van der Waals surface area contributed by atoms with Crippen LogP contribution in [-0.2, 0) is 17.3 Å². The van der Waals surface area contributed by atoms with E-state index in [1.807, 2.05) is 19.4 Å². The van der Waals surface area contributed by atoms with Crippen molar-refractivity contribution in [2.45, 2.75) is 37.0 Å². The smallest absolute Gasteiger partial charge is 0.223 e. The molecule has 2 fully saturated rings. The van der Waals surface area contributed by atoms with Crippen LogP contribution in [0.2, 0.25) is 0 Å². The normalized spacial score (nSPS) is 24.7. The Bertz CT molecular complexity index is 702. The minimum absolute atomic E-state index is 0.132. The molecule has 1 N–H and O–H groups in total. The number of benzene rings is 1. The molecule has 2 aromatic rings. The van der Waals surface area contributed by atoms with E-state index in [0.717, 1.165) is 13.0 Å². The summed E-state index contributed by atoms with van der Waals surface area (Å²) in [4.78, 5) is 12.5. The molecule has 0 unspecified atom stereocenters. The van der Waals surface area contributed by atoms with Crippen molar-refractivity contribution in [2.24, 2.45) is 13.0 Å². The Morgan fingerprint density at radius 2 is 2.13 bits per heavy atom. The van der Waals surface area contributed by atoms with Crippen LogP contribution in [0.4, 0.5) is 0 Å². The molecule has 1 heterocycles. The maximum Gasteiger partial charge on any atom is 0.223 e. The fraction of sp³-hybridized carbons (Fsp3) is 0.474. The van der Waals surface area contributed by atoms with Crippen molar-refractivity contribution in [3.63, 3.8) is 0 Å². The number of amides is 1. The Hall–Kier alpha value is -2.10. The molecule has 0 saturated heterocycles. The van der Waals surface area contributed by atoms with E-state index in [1.54, 1.807) is 4.68 Å². The second kappa shape index (κ2) is 5.52. The van der Waals surface area contributed by atoms with Gasteiger partial charge in [-0.3, -0.25) is 9.48 Å². The summed E-state index contributed by atoms with van der Waals surface area (Å²) < 4.78 is 1.81. The standard InChI is InChI=1S/C19H23N3O/c1-22-12-14(11-21-22)16-10-17(16)18(23)20-13-19(8-5-9-19)15-6-3-2-4-7-15/h2-4,6-7,11-12,16-17H,5,8-10,13H2,1H3,(H,20,23)/t16-,17-/m0/s1. The van der Waals surface area contributed by atoms with Crippen molar-refractivity contribution in [1.29, 1.82) is 0 Å². The second-order valence-electron chi connectivity index (χ2n) is 7.11. The molecule has 4 nitrogen and oxygen atoms in total. The lowest BCUT2D eigenvalue weighted by Gasteiger charge is -2.42. The van der Waals surface area contributed by atoms with E-state index in [-0.39, 0.29) is 17.2 Å². The lowest BCUT2D eigenvalue weighted by molar-refractivity contribution is -0.122. The van der Waals surface area contributed by atoms with E-state index in [9.17, 15) is 4.79 Å². The lowest BCUT2D eigenvalue weighted by Crippen LogP contribution is -2.46. The van der Waals surface area contributed by atoms with Crippen LogP contribution in [0.5, 0.6) is 0 Å². The summed E-state index contributed by atoms with van der Waals surface area (Å²) in [7, 11) is 1.92. The number of carbonyl (C=O) groups excluding carboxylic acids is 1. The third-order valence-corrected chi connectivity index (χ3v) is 5.58. The van der Waals surface area contributed by atoms with E-state index >= 15 is 0 Å². The van der Waals surface area contributed by atoms with Gasteiger partial charge in [0.25, 0.3) is 0 Å². The zero-order chi connectivity index (χ0) is 15.9. The average Bonchev–Trinajstić information content (AvgIpc) is 3.22. The summed E-state index contributed by atoms with van der Waals surface area (Å²) in [6.07, 6.45) is 8.47. The number of rotatable bonds is 5. The number of hydrogen-bond donors (Lipinski definition) is 1. The van der Waals surface area contributed by atoms with Crippen LogP contribution < -0.4 is 5.32 Å². The van der Waals surface area contributed by atoms with Crippen molar-refractivity contribution in [3.05, 3.63) is 53.9 Å². The van der Waals surface area contributed by atoms with Crippen LogP contribution in [0.3, 0.4) is 0 Å². The van der Waals surface area contributed by atoms with E-state index in [0.29, 0.717) is 5.92 Å². The number of carbonyl (C=O) groups is 1. The molecule has 2 aliphatic carbocycles. The number of hydrogen-bond acceptors (Lipinski definition) is 2. The highest BCUT2D eigenvalue weighted by Gasteiger charge is 2.46. The van der Waals surface area contributed by atoms with Gasteiger partial charge in [0, 0.05) is 31.1 Å². The van der Waals surface area contributed by atoms with Gasteiger partial charge in [0.1, 0.15) is 0 Å². The molecular weight excluding hydrogens is 286 g/mol. The summed E-state index contributed by atoms with van der Waals surface area (Å²) in [5.41, 5.74) is 2.72. The zero-order valence-electron chi connectivity index (χ0n) is 13.5. The minimum atomic E-state index is 0.132.